The van der Waals surface area contributed by atoms with Crippen LogP contribution in [0.1, 0.15) is 16.3 Å². The zero-order valence-corrected chi connectivity index (χ0v) is 8.59. The van der Waals surface area contributed by atoms with Crippen LogP contribution in [-0.2, 0) is 0 Å². The molecule has 0 radical (unpaired) electrons. The summed E-state index contributed by atoms with van der Waals surface area (Å²) in [6, 6.07) is 0. The van der Waals surface area contributed by atoms with Gasteiger partial charge in [0.1, 0.15) is 10.9 Å². The number of nitrogens with zero attached hydrogens (tertiary/aromatic N) is 1. The molecule has 0 spiro atoms. The number of aromatic amines is 1. The summed E-state index contributed by atoms with van der Waals surface area (Å²) < 4.78 is 0. The van der Waals surface area contributed by atoms with Crippen molar-refractivity contribution in [2.75, 3.05) is 7.05 Å². The molecular weight excluding hydrogens is 220 g/mol. The minimum atomic E-state index is -1.09. The number of carboxylic acid groups (broad SMARTS) is 1. The van der Waals surface area contributed by atoms with Crippen molar-refractivity contribution < 1.29 is 9.90 Å². The van der Waals surface area contributed by atoms with Crippen LogP contribution in [-0.4, -0.2) is 33.3 Å². The van der Waals surface area contributed by atoms with E-state index in [1.165, 1.54) is 12.3 Å². The average molecular weight is 229 g/mol. The molecule has 0 fully saturated rings. The molecule has 80 valence electrons. The average Bonchev–Trinajstić information content (AvgIpc) is 2.62. The number of rotatable bonds is 4. The minimum absolute atomic E-state index is 0.0211. The smallest absolute Gasteiger partial charge is 0.353 e. The van der Waals surface area contributed by atoms with Crippen LogP contribution >= 0.6 is 11.6 Å². The summed E-state index contributed by atoms with van der Waals surface area (Å²) in [5.74, 6) is -0.773. The van der Waals surface area contributed by atoms with E-state index in [1.807, 2.05) is 0 Å². The lowest BCUT2D eigenvalue weighted by atomic mass is 10.4. The third kappa shape index (κ3) is 2.81. The fourth-order valence-corrected chi connectivity index (χ4v) is 1.06. The summed E-state index contributed by atoms with van der Waals surface area (Å²) in [5.41, 5.74) is 0.426. The predicted octanol–water partition coefficient (Wildman–Crippen LogP) is 0.884. The fraction of sp³-hybridized carbons (Fsp3) is 0.125. The monoisotopic (exact) mass is 228 g/mol. The second-order valence-corrected chi connectivity index (χ2v) is 3.01. The van der Waals surface area contributed by atoms with Crippen LogP contribution in [0.4, 0.5) is 0 Å². The van der Waals surface area contributed by atoms with E-state index in [1.54, 1.807) is 7.05 Å². The molecule has 15 heavy (non-hydrogen) atoms. The Morgan fingerprint density at radius 1 is 1.80 bits per heavy atom. The van der Waals surface area contributed by atoms with E-state index in [0.717, 1.165) is 0 Å². The van der Waals surface area contributed by atoms with Crippen LogP contribution < -0.4 is 5.32 Å². The van der Waals surface area contributed by atoms with E-state index in [2.05, 4.69) is 15.3 Å². The molecule has 0 amide bonds. The van der Waals surface area contributed by atoms with Gasteiger partial charge in [0.15, 0.2) is 5.82 Å². The van der Waals surface area contributed by atoms with Gasteiger partial charge >= 0.3 is 5.97 Å². The van der Waals surface area contributed by atoms with E-state index in [-0.39, 0.29) is 10.9 Å². The molecule has 0 aliphatic heterocycles. The third-order valence-corrected chi connectivity index (χ3v) is 1.71. The number of allylic oxidation sites excluding steroid dienone is 1. The van der Waals surface area contributed by atoms with E-state index in [0.29, 0.717) is 11.5 Å². The molecule has 0 aliphatic carbocycles. The Labute approximate surface area is 90.5 Å². The van der Waals surface area contributed by atoms with Crippen molar-refractivity contribution in [2.45, 2.75) is 0 Å². The van der Waals surface area contributed by atoms with Gasteiger partial charge in [0.05, 0.1) is 11.9 Å². The van der Waals surface area contributed by atoms with Crippen molar-refractivity contribution in [3.8, 4) is 0 Å². The minimum Gasteiger partial charge on any atom is -0.477 e. The van der Waals surface area contributed by atoms with Crippen LogP contribution in [0.2, 0.25) is 0 Å². The Hall–Kier alpha value is -1.82. The molecule has 0 saturated carbocycles. The highest BCUT2D eigenvalue weighted by Crippen LogP contribution is 2.07. The fourth-order valence-electron chi connectivity index (χ4n) is 0.952. The molecule has 7 heteroatoms. The highest BCUT2D eigenvalue weighted by molar-refractivity contribution is 6.67. The summed E-state index contributed by atoms with van der Waals surface area (Å²) in [5, 5.41) is 18.3. The topological polar surface area (TPSA) is 102 Å². The van der Waals surface area contributed by atoms with Gasteiger partial charge in [0.25, 0.3) is 0 Å². The molecule has 1 aromatic rings. The molecule has 0 aromatic carbocycles. The number of carbonyl (C=O) groups is 1. The van der Waals surface area contributed by atoms with Crippen molar-refractivity contribution in [2.24, 2.45) is 0 Å². The number of aromatic carboxylic acids is 1. The lowest BCUT2D eigenvalue weighted by molar-refractivity contribution is 0.0691. The van der Waals surface area contributed by atoms with Crippen molar-refractivity contribution in [1.29, 1.82) is 5.41 Å². The zero-order valence-electron chi connectivity index (χ0n) is 7.84. The Bertz CT molecular complexity index is 424. The summed E-state index contributed by atoms with van der Waals surface area (Å²) in [6.45, 7) is 0. The van der Waals surface area contributed by atoms with Gasteiger partial charge in [-0.05, 0) is 0 Å². The Kier molecular flexibility index (Phi) is 3.46. The summed E-state index contributed by atoms with van der Waals surface area (Å²) >= 11 is 5.38. The van der Waals surface area contributed by atoms with Gasteiger partial charge in [0, 0.05) is 13.1 Å². The maximum atomic E-state index is 10.6. The standard InChI is InChI=1S/C8H9ClN4O2/c1-11-4(2-6(9)10)7-12-3-5(13-7)8(14)15/h2-3,10-11H,1H3,(H,12,13)(H,14,15)/b4-2+,10-6?. The zero-order chi connectivity index (χ0) is 11.4. The first-order valence-corrected chi connectivity index (χ1v) is 4.34. The van der Waals surface area contributed by atoms with Crippen LogP contribution in [0.5, 0.6) is 0 Å². The van der Waals surface area contributed by atoms with Gasteiger partial charge < -0.3 is 15.4 Å². The number of H-pyrrole nitrogens is 1. The molecule has 0 atom stereocenters. The number of hydrogen-bond donors (Lipinski definition) is 4. The molecular formula is C8H9ClN4O2. The van der Waals surface area contributed by atoms with Crippen LogP contribution in [0.15, 0.2) is 12.3 Å². The lowest BCUT2D eigenvalue weighted by Gasteiger charge is -2.01. The molecule has 1 rings (SSSR count). The van der Waals surface area contributed by atoms with Gasteiger partial charge in [0.2, 0.25) is 0 Å². The number of nitrogens with one attached hydrogen (secondary N) is 3. The SMILES string of the molecule is CN/C(=C/C(=N)Cl)c1ncc(C(=O)O)[nH]1. The number of hydrogen-bond acceptors (Lipinski definition) is 4. The van der Waals surface area contributed by atoms with E-state index < -0.39 is 5.97 Å². The molecule has 4 N–H and O–H groups in total. The van der Waals surface area contributed by atoms with Gasteiger partial charge in [-0.25, -0.2) is 9.78 Å². The maximum absolute atomic E-state index is 10.6. The first-order valence-electron chi connectivity index (χ1n) is 3.96. The van der Waals surface area contributed by atoms with Crippen molar-refractivity contribution in [1.82, 2.24) is 15.3 Å². The van der Waals surface area contributed by atoms with Crippen LogP contribution in [0, 0.1) is 5.41 Å². The van der Waals surface area contributed by atoms with Gasteiger partial charge in [-0.15, -0.1) is 0 Å². The van der Waals surface area contributed by atoms with Crippen molar-refractivity contribution in [3.05, 3.63) is 23.8 Å². The van der Waals surface area contributed by atoms with Crippen molar-refractivity contribution >= 4 is 28.4 Å². The summed E-state index contributed by atoms with van der Waals surface area (Å²) in [7, 11) is 1.62. The number of carboxylic acids is 1. The molecule has 0 bridgehead atoms. The first-order chi connectivity index (χ1) is 7.04. The van der Waals surface area contributed by atoms with Crippen LogP contribution in [0.25, 0.3) is 5.70 Å². The summed E-state index contributed by atoms with van der Waals surface area (Å²) in [6.07, 6.45) is 2.52. The Balaban J connectivity index is 3.03. The third-order valence-electron chi connectivity index (χ3n) is 1.60. The summed E-state index contributed by atoms with van der Waals surface area (Å²) in [4.78, 5) is 17.0. The molecule has 6 nitrogen and oxygen atoms in total. The molecule has 0 aliphatic rings. The van der Waals surface area contributed by atoms with E-state index >= 15 is 0 Å². The van der Waals surface area contributed by atoms with Gasteiger partial charge in [-0.1, -0.05) is 11.6 Å². The predicted molar refractivity (Wildman–Crippen MR) is 56.2 cm³/mol. The lowest BCUT2D eigenvalue weighted by Crippen LogP contribution is -2.08. The first kappa shape index (κ1) is 11.3. The Morgan fingerprint density at radius 2 is 2.47 bits per heavy atom. The number of aromatic nitrogens is 2. The molecule has 1 heterocycles. The number of imidazole rings is 1. The number of halogens is 1. The van der Waals surface area contributed by atoms with Gasteiger partial charge in [-0.3, -0.25) is 5.41 Å². The molecule has 0 saturated heterocycles. The highest BCUT2D eigenvalue weighted by atomic mass is 35.5. The second-order valence-electron chi connectivity index (χ2n) is 2.61. The van der Waals surface area contributed by atoms with E-state index in [9.17, 15) is 4.79 Å². The van der Waals surface area contributed by atoms with Crippen molar-refractivity contribution in [3.63, 3.8) is 0 Å². The largest absolute Gasteiger partial charge is 0.477 e. The van der Waals surface area contributed by atoms with Gasteiger partial charge in [-0.2, -0.15) is 0 Å². The maximum Gasteiger partial charge on any atom is 0.353 e. The molecule has 1 aromatic heterocycles. The van der Waals surface area contributed by atoms with E-state index in [4.69, 9.17) is 22.1 Å². The quantitative estimate of drug-likeness (QED) is 0.575. The Morgan fingerprint density at radius 3 is 2.87 bits per heavy atom. The molecule has 0 unspecified atom stereocenters. The second kappa shape index (κ2) is 4.61. The van der Waals surface area contributed by atoms with Crippen LogP contribution in [0.3, 0.4) is 0 Å². The normalized spacial score (nSPS) is 11.2. The highest BCUT2D eigenvalue weighted by Gasteiger charge is 2.09.